The lowest BCUT2D eigenvalue weighted by Gasteiger charge is -2.33. The maximum Gasteiger partial charge on any atom is 0.123 e. The van der Waals surface area contributed by atoms with Crippen molar-refractivity contribution in [2.24, 2.45) is 11.8 Å². The quantitative estimate of drug-likeness (QED) is 0.819. The molecule has 102 valence electrons. The van der Waals surface area contributed by atoms with Crippen LogP contribution in [0, 0.1) is 17.7 Å². The molecule has 0 saturated carbocycles. The predicted molar refractivity (Wildman–Crippen MR) is 74.2 cm³/mol. The van der Waals surface area contributed by atoms with Gasteiger partial charge in [0.1, 0.15) is 5.82 Å². The normalized spacial score (nSPS) is 12.5. The zero-order valence-corrected chi connectivity index (χ0v) is 12.3. The van der Waals surface area contributed by atoms with Crippen LogP contribution in [0.5, 0.6) is 0 Å². The second-order valence-electron chi connectivity index (χ2n) is 5.85. The lowest BCUT2D eigenvalue weighted by Crippen LogP contribution is -2.30. The molecule has 18 heavy (non-hydrogen) atoms. The summed E-state index contributed by atoms with van der Waals surface area (Å²) in [6.45, 7) is 8.16. The topological polar surface area (TPSA) is 20.2 Å². The molecule has 0 aliphatic heterocycles. The first-order chi connectivity index (χ1) is 8.24. The molecule has 1 N–H and O–H groups in total. The summed E-state index contributed by atoms with van der Waals surface area (Å²) in [5.74, 6) is 0.265. The average molecular weight is 273 g/mol. The predicted octanol–water partition coefficient (Wildman–Crippen LogP) is 4.76. The van der Waals surface area contributed by atoms with Gasteiger partial charge in [-0.2, -0.15) is 0 Å². The van der Waals surface area contributed by atoms with Crippen LogP contribution < -0.4 is 0 Å². The third kappa shape index (κ3) is 3.96. The van der Waals surface area contributed by atoms with Gasteiger partial charge in [-0.25, -0.2) is 4.39 Å². The Morgan fingerprint density at radius 2 is 1.67 bits per heavy atom. The maximum atomic E-state index is 13.4. The van der Waals surface area contributed by atoms with E-state index in [1.54, 1.807) is 0 Å². The summed E-state index contributed by atoms with van der Waals surface area (Å²) < 4.78 is 13.4. The molecular formula is C15H22ClFO. The van der Waals surface area contributed by atoms with Crippen molar-refractivity contribution in [1.82, 2.24) is 0 Å². The lowest BCUT2D eigenvalue weighted by molar-refractivity contribution is -0.00465. The highest BCUT2D eigenvalue weighted by molar-refractivity contribution is 6.31. The van der Waals surface area contributed by atoms with Gasteiger partial charge in [-0.1, -0.05) is 39.3 Å². The number of hydrogen-bond acceptors (Lipinski definition) is 1. The van der Waals surface area contributed by atoms with Gasteiger partial charge in [0.05, 0.1) is 5.60 Å². The van der Waals surface area contributed by atoms with Gasteiger partial charge in [0.2, 0.25) is 0 Å². The largest absolute Gasteiger partial charge is 0.385 e. The molecule has 1 aromatic rings. The van der Waals surface area contributed by atoms with E-state index >= 15 is 0 Å². The molecule has 0 aliphatic rings. The Kier molecular flexibility index (Phi) is 5.18. The van der Waals surface area contributed by atoms with Gasteiger partial charge < -0.3 is 5.11 Å². The fourth-order valence-corrected chi connectivity index (χ4v) is 2.80. The van der Waals surface area contributed by atoms with Crippen molar-refractivity contribution >= 4 is 11.6 Å². The Morgan fingerprint density at radius 1 is 1.17 bits per heavy atom. The van der Waals surface area contributed by atoms with E-state index in [2.05, 4.69) is 0 Å². The highest BCUT2D eigenvalue weighted by Gasteiger charge is 2.33. The first kappa shape index (κ1) is 15.5. The monoisotopic (exact) mass is 272 g/mol. The van der Waals surface area contributed by atoms with Gasteiger partial charge in [0, 0.05) is 10.6 Å². The standard InChI is InChI=1S/C15H22ClFO/c1-10(2)8-15(18,9-11(3)4)13-7-12(17)5-6-14(13)16/h5-7,10-11,18H,8-9H2,1-4H3. The van der Waals surface area contributed by atoms with E-state index in [0.717, 1.165) is 0 Å². The summed E-state index contributed by atoms with van der Waals surface area (Å²) in [5.41, 5.74) is -0.548. The summed E-state index contributed by atoms with van der Waals surface area (Å²) in [4.78, 5) is 0. The number of hydrogen-bond donors (Lipinski definition) is 1. The van der Waals surface area contributed by atoms with E-state index < -0.39 is 5.60 Å². The molecule has 1 rings (SSSR count). The first-order valence-electron chi connectivity index (χ1n) is 6.42. The van der Waals surface area contributed by atoms with Gasteiger partial charge in [-0.05, 0) is 42.9 Å². The van der Waals surface area contributed by atoms with E-state index in [-0.39, 0.29) is 5.82 Å². The Bertz CT molecular complexity index is 391. The number of rotatable bonds is 5. The minimum absolute atomic E-state index is 0.313. The third-order valence-electron chi connectivity index (χ3n) is 2.92. The minimum Gasteiger partial charge on any atom is -0.385 e. The van der Waals surface area contributed by atoms with Crippen molar-refractivity contribution in [3.63, 3.8) is 0 Å². The van der Waals surface area contributed by atoms with E-state index in [1.807, 2.05) is 27.7 Å². The molecule has 0 fully saturated rings. The van der Waals surface area contributed by atoms with Gasteiger partial charge in [-0.15, -0.1) is 0 Å². The molecule has 0 aliphatic carbocycles. The van der Waals surface area contributed by atoms with Crippen molar-refractivity contribution in [1.29, 1.82) is 0 Å². The zero-order valence-electron chi connectivity index (χ0n) is 11.5. The van der Waals surface area contributed by atoms with Crippen LogP contribution in [0.25, 0.3) is 0 Å². The SMILES string of the molecule is CC(C)CC(O)(CC(C)C)c1cc(F)ccc1Cl. The van der Waals surface area contributed by atoms with Crippen LogP contribution in [0.15, 0.2) is 18.2 Å². The van der Waals surface area contributed by atoms with Crippen LogP contribution in [0.4, 0.5) is 4.39 Å². The van der Waals surface area contributed by atoms with Crippen LogP contribution in [0.1, 0.15) is 46.1 Å². The van der Waals surface area contributed by atoms with Crippen molar-refractivity contribution < 1.29 is 9.50 Å². The number of benzene rings is 1. The molecule has 0 spiro atoms. The molecule has 3 heteroatoms. The van der Waals surface area contributed by atoms with Gasteiger partial charge in [0.25, 0.3) is 0 Å². The Hall–Kier alpha value is -0.600. The molecule has 0 unspecified atom stereocenters. The van der Waals surface area contributed by atoms with Gasteiger partial charge in [-0.3, -0.25) is 0 Å². The highest BCUT2D eigenvalue weighted by Crippen LogP contribution is 2.38. The molecular weight excluding hydrogens is 251 g/mol. The molecule has 1 aromatic carbocycles. The van der Waals surface area contributed by atoms with Crippen molar-refractivity contribution in [3.8, 4) is 0 Å². The fourth-order valence-electron chi connectivity index (χ4n) is 2.51. The molecule has 0 radical (unpaired) electrons. The summed E-state index contributed by atoms with van der Waals surface area (Å²) in [7, 11) is 0. The lowest BCUT2D eigenvalue weighted by atomic mass is 9.80. The van der Waals surface area contributed by atoms with E-state index in [1.165, 1.54) is 18.2 Å². The molecule has 0 amide bonds. The van der Waals surface area contributed by atoms with Crippen LogP contribution >= 0.6 is 11.6 Å². The minimum atomic E-state index is -1.05. The van der Waals surface area contributed by atoms with Gasteiger partial charge in [0.15, 0.2) is 0 Å². The average Bonchev–Trinajstić information content (AvgIpc) is 2.19. The first-order valence-corrected chi connectivity index (χ1v) is 6.80. The molecule has 0 heterocycles. The van der Waals surface area contributed by atoms with E-state index in [0.29, 0.717) is 35.3 Å². The molecule has 0 atom stereocenters. The highest BCUT2D eigenvalue weighted by atomic mass is 35.5. The van der Waals surface area contributed by atoms with Crippen molar-refractivity contribution in [2.45, 2.75) is 46.1 Å². The Morgan fingerprint density at radius 3 is 2.11 bits per heavy atom. The molecule has 0 bridgehead atoms. The van der Waals surface area contributed by atoms with Crippen LogP contribution in [-0.2, 0) is 5.60 Å². The van der Waals surface area contributed by atoms with Crippen molar-refractivity contribution in [3.05, 3.63) is 34.6 Å². The van der Waals surface area contributed by atoms with Crippen LogP contribution in [0.3, 0.4) is 0 Å². The second kappa shape index (κ2) is 6.03. The summed E-state index contributed by atoms with van der Waals surface area (Å²) in [5, 5.41) is 11.3. The van der Waals surface area contributed by atoms with Crippen molar-refractivity contribution in [2.75, 3.05) is 0 Å². The number of halogens is 2. The smallest absolute Gasteiger partial charge is 0.123 e. The summed E-state index contributed by atoms with van der Waals surface area (Å²) in [6, 6.07) is 4.18. The molecule has 0 saturated heterocycles. The summed E-state index contributed by atoms with van der Waals surface area (Å²) >= 11 is 6.12. The number of aliphatic hydroxyl groups is 1. The van der Waals surface area contributed by atoms with Crippen LogP contribution in [-0.4, -0.2) is 5.11 Å². The van der Waals surface area contributed by atoms with E-state index in [4.69, 9.17) is 11.6 Å². The Balaban J connectivity index is 3.19. The molecule has 1 nitrogen and oxygen atoms in total. The maximum absolute atomic E-state index is 13.4. The third-order valence-corrected chi connectivity index (χ3v) is 3.25. The van der Waals surface area contributed by atoms with E-state index in [9.17, 15) is 9.50 Å². The van der Waals surface area contributed by atoms with Crippen LogP contribution in [0.2, 0.25) is 5.02 Å². The van der Waals surface area contributed by atoms with Gasteiger partial charge >= 0.3 is 0 Å². The summed E-state index contributed by atoms with van der Waals surface area (Å²) in [6.07, 6.45) is 1.16. The Labute approximate surface area is 114 Å². The fraction of sp³-hybridized carbons (Fsp3) is 0.600. The second-order valence-corrected chi connectivity index (χ2v) is 6.26. The molecule has 0 aromatic heterocycles. The zero-order chi connectivity index (χ0) is 13.9.